The van der Waals surface area contributed by atoms with Gasteiger partial charge in [0.2, 0.25) is 5.91 Å². The number of carboxylic acid groups (broad SMARTS) is 1. The maximum absolute atomic E-state index is 12.4. The zero-order valence-electron chi connectivity index (χ0n) is 13.6. The van der Waals surface area contributed by atoms with Gasteiger partial charge < -0.3 is 14.7 Å². The van der Waals surface area contributed by atoms with E-state index < -0.39 is 5.97 Å². The smallest absolute Gasteiger partial charge is 0.305 e. The Kier molecular flexibility index (Phi) is 6.33. The van der Waals surface area contributed by atoms with Gasteiger partial charge >= 0.3 is 5.97 Å². The number of carbonyl (C=O) groups excluding carboxylic acids is 1. The second-order valence-electron chi connectivity index (χ2n) is 5.78. The zero-order chi connectivity index (χ0) is 16.8. The van der Waals surface area contributed by atoms with Gasteiger partial charge in [0, 0.05) is 18.1 Å². The highest BCUT2D eigenvalue weighted by atomic mass is 32.2. The molecule has 1 unspecified atom stereocenters. The number of rotatable bonds is 6. The Bertz CT molecular complexity index is 576. The molecule has 1 aliphatic heterocycles. The molecule has 1 N–H and O–H groups in total. The van der Waals surface area contributed by atoms with Crippen LogP contribution in [0, 0.1) is 13.8 Å². The van der Waals surface area contributed by atoms with E-state index in [4.69, 9.17) is 9.84 Å². The van der Waals surface area contributed by atoms with Crippen LogP contribution < -0.4 is 4.74 Å². The molecule has 1 amide bonds. The van der Waals surface area contributed by atoms with Gasteiger partial charge in [0.1, 0.15) is 5.75 Å². The molecule has 1 fully saturated rings. The second-order valence-corrected chi connectivity index (χ2v) is 6.93. The van der Waals surface area contributed by atoms with Crippen LogP contribution in [0.25, 0.3) is 0 Å². The Morgan fingerprint density at radius 2 is 2.17 bits per heavy atom. The first-order valence-corrected chi connectivity index (χ1v) is 8.92. The lowest BCUT2D eigenvalue weighted by molar-refractivity contribution is -0.140. The lowest BCUT2D eigenvalue weighted by Gasteiger charge is -2.34. The fourth-order valence-electron chi connectivity index (χ4n) is 2.61. The molecule has 23 heavy (non-hydrogen) atoms. The Labute approximate surface area is 141 Å². The van der Waals surface area contributed by atoms with E-state index in [1.807, 2.05) is 32.0 Å². The number of thioether (sulfide) groups is 1. The van der Waals surface area contributed by atoms with E-state index >= 15 is 0 Å². The standard InChI is InChI=1S/C17H23NO4S/c1-12-3-4-13(2)15(9-12)22-7-5-16(19)18-6-8-23-11-14(18)10-17(20)21/h3-4,9,14H,5-8,10-11H2,1-2H3,(H,20,21). The van der Waals surface area contributed by atoms with Crippen LogP contribution in [0.15, 0.2) is 18.2 Å². The minimum Gasteiger partial charge on any atom is -0.493 e. The van der Waals surface area contributed by atoms with Crippen molar-refractivity contribution in [2.45, 2.75) is 32.7 Å². The summed E-state index contributed by atoms with van der Waals surface area (Å²) in [6.07, 6.45) is 0.282. The van der Waals surface area contributed by atoms with Gasteiger partial charge in [-0.15, -0.1) is 0 Å². The van der Waals surface area contributed by atoms with Gasteiger partial charge in [0.25, 0.3) is 0 Å². The molecule has 0 bridgehead atoms. The predicted octanol–water partition coefficient (Wildman–Crippen LogP) is 2.49. The number of nitrogens with zero attached hydrogens (tertiary/aromatic N) is 1. The summed E-state index contributed by atoms with van der Waals surface area (Å²) in [5.74, 6) is 1.47. The molecule has 1 saturated heterocycles. The number of carboxylic acids is 1. The van der Waals surface area contributed by atoms with E-state index in [0.717, 1.165) is 22.6 Å². The average Bonchev–Trinajstić information content (AvgIpc) is 2.50. The van der Waals surface area contributed by atoms with Crippen LogP contribution in [0.1, 0.15) is 24.0 Å². The van der Waals surface area contributed by atoms with Crippen molar-refractivity contribution >= 4 is 23.6 Å². The molecule has 1 heterocycles. The molecule has 0 radical (unpaired) electrons. The number of amides is 1. The lowest BCUT2D eigenvalue weighted by atomic mass is 10.1. The van der Waals surface area contributed by atoms with Crippen molar-refractivity contribution in [3.63, 3.8) is 0 Å². The molecule has 126 valence electrons. The highest BCUT2D eigenvalue weighted by molar-refractivity contribution is 7.99. The Balaban J connectivity index is 1.87. The van der Waals surface area contributed by atoms with E-state index in [-0.39, 0.29) is 24.8 Å². The first-order valence-electron chi connectivity index (χ1n) is 7.76. The molecule has 2 rings (SSSR count). The minimum atomic E-state index is -0.859. The van der Waals surface area contributed by atoms with Crippen molar-refractivity contribution in [2.75, 3.05) is 24.7 Å². The number of carbonyl (C=O) groups is 2. The molecular formula is C17H23NO4S. The van der Waals surface area contributed by atoms with E-state index in [2.05, 4.69) is 0 Å². The fourth-order valence-corrected chi connectivity index (χ4v) is 3.67. The number of benzene rings is 1. The molecule has 0 spiro atoms. The maximum atomic E-state index is 12.4. The SMILES string of the molecule is Cc1ccc(C)c(OCCC(=O)N2CCSCC2CC(=O)O)c1. The molecular weight excluding hydrogens is 314 g/mol. The summed E-state index contributed by atoms with van der Waals surface area (Å²) in [6, 6.07) is 5.77. The first kappa shape index (κ1) is 17.7. The number of aliphatic carboxylic acids is 1. The second kappa shape index (κ2) is 8.24. The molecule has 6 heteroatoms. The zero-order valence-corrected chi connectivity index (χ0v) is 14.4. The topological polar surface area (TPSA) is 66.8 Å². The monoisotopic (exact) mass is 337 g/mol. The van der Waals surface area contributed by atoms with Crippen molar-refractivity contribution in [1.82, 2.24) is 4.90 Å². The van der Waals surface area contributed by atoms with Crippen LogP contribution in [0.4, 0.5) is 0 Å². The normalized spacial score (nSPS) is 17.8. The third kappa shape index (κ3) is 5.16. The van der Waals surface area contributed by atoms with Crippen molar-refractivity contribution in [1.29, 1.82) is 0 Å². The van der Waals surface area contributed by atoms with E-state index in [9.17, 15) is 9.59 Å². The lowest BCUT2D eigenvalue weighted by Crippen LogP contribution is -2.47. The number of hydrogen-bond donors (Lipinski definition) is 1. The van der Waals surface area contributed by atoms with Crippen LogP contribution in [0.3, 0.4) is 0 Å². The molecule has 0 saturated carbocycles. The van der Waals surface area contributed by atoms with Crippen LogP contribution in [0.2, 0.25) is 0 Å². The third-order valence-corrected chi connectivity index (χ3v) is 4.97. The van der Waals surface area contributed by atoms with E-state index in [1.54, 1.807) is 16.7 Å². The Hall–Kier alpha value is -1.69. The largest absolute Gasteiger partial charge is 0.493 e. The molecule has 1 atom stereocenters. The van der Waals surface area contributed by atoms with Crippen LogP contribution in [-0.2, 0) is 9.59 Å². The maximum Gasteiger partial charge on any atom is 0.305 e. The number of ether oxygens (including phenoxy) is 1. The van der Waals surface area contributed by atoms with Gasteiger partial charge in [0.15, 0.2) is 0 Å². The van der Waals surface area contributed by atoms with Gasteiger partial charge in [-0.3, -0.25) is 9.59 Å². The van der Waals surface area contributed by atoms with Crippen molar-refractivity contribution in [3.8, 4) is 5.75 Å². The highest BCUT2D eigenvalue weighted by Gasteiger charge is 2.28. The molecule has 5 nitrogen and oxygen atoms in total. The van der Waals surface area contributed by atoms with Crippen LogP contribution >= 0.6 is 11.8 Å². The molecule has 1 aliphatic rings. The average molecular weight is 337 g/mol. The van der Waals surface area contributed by atoms with Gasteiger partial charge in [-0.25, -0.2) is 0 Å². The van der Waals surface area contributed by atoms with Gasteiger partial charge in [-0.05, 0) is 31.0 Å². The van der Waals surface area contributed by atoms with Gasteiger partial charge in [-0.2, -0.15) is 11.8 Å². The highest BCUT2D eigenvalue weighted by Crippen LogP contribution is 2.21. The fraction of sp³-hybridized carbons (Fsp3) is 0.529. The molecule has 0 aromatic heterocycles. The van der Waals surface area contributed by atoms with Crippen molar-refractivity contribution in [2.24, 2.45) is 0 Å². The Morgan fingerprint density at radius 3 is 2.91 bits per heavy atom. The number of aryl methyl sites for hydroxylation is 2. The van der Waals surface area contributed by atoms with Gasteiger partial charge in [-0.1, -0.05) is 12.1 Å². The molecule has 1 aromatic rings. The summed E-state index contributed by atoms with van der Waals surface area (Å²) in [5, 5.41) is 8.97. The van der Waals surface area contributed by atoms with Crippen LogP contribution in [-0.4, -0.2) is 52.6 Å². The van der Waals surface area contributed by atoms with E-state index in [0.29, 0.717) is 18.9 Å². The predicted molar refractivity (Wildman–Crippen MR) is 91.1 cm³/mol. The summed E-state index contributed by atoms with van der Waals surface area (Å²) < 4.78 is 5.73. The quantitative estimate of drug-likeness (QED) is 0.864. The summed E-state index contributed by atoms with van der Waals surface area (Å²) in [6.45, 7) is 4.90. The molecule has 0 aliphatic carbocycles. The van der Waals surface area contributed by atoms with Crippen molar-refractivity contribution in [3.05, 3.63) is 29.3 Å². The first-order chi connectivity index (χ1) is 11.0. The van der Waals surface area contributed by atoms with Gasteiger partial charge in [0.05, 0.1) is 25.5 Å². The third-order valence-electron chi connectivity index (χ3n) is 3.88. The summed E-state index contributed by atoms with van der Waals surface area (Å²) in [5.41, 5.74) is 2.16. The van der Waals surface area contributed by atoms with E-state index in [1.165, 1.54) is 0 Å². The molecule has 1 aromatic carbocycles. The minimum absolute atomic E-state index is 0.0105. The van der Waals surface area contributed by atoms with Crippen LogP contribution in [0.5, 0.6) is 5.75 Å². The summed E-state index contributed by atoms with van der Waals surface area (Å²) in [4.78, 5) is 25.0. The number of hydrogen-bond acceptors (Lipinski definition) is 4. The Morgan fingerprint density at radius 1 is 1.39 bits per heavy atom. The van der Waals surface area contributed by atoms with Crippen molar-refractivity contribution < 1.29 is 19.4 Å². The summed E-state index contributed by atoms with van der Waals surface area (Å²) >= 11 is 1.70. The summed E-state index contributed by atoms with van der Waals surface area (Å²) in [7, 11) is 0.